The molecule has 0 radical (unpaired) electrons. The summed E-state index contributed by atoms with van der Waals surface area (Å²) >= 11 is 1.39. The van der Waals surface area contributed by atoms with Gasteiger partial charge in [-0.05, 0) is 40.8 Å². The molecule has 0 fully saturated rings. The molecule has 0 bridgehead atoms. The molecule has 1 aromatic heterocycles. The van der Waals surface area contributed by atoms with Crippen molar-refractivity contribution in [1.29, 1.82) is 0 Å². The summed E-state index contributed by atoms with van der Waals surface area (Å²) in [7, 11) is 0. The topological polar surface area (TPSA) is 0 Å². The third-order valence-electron chi connectivity index (χ3n) is 2.61. The van der Waals surface area contributed by atoms with Crippen LogP contribution < -0.4 is 0 Å². The Bertz CT molecular complexity index is 523. The number of benzene rings is 1. The van der Waals surface area contributed by atoms with Crippen LogP contribution in [-0.2, 0) is 12.6 Å². The first-order chi connectivity index (χ1) is 7.88. The van der Waals surface area contributed by atoms with Gasteiger partial charge in [-0.1, -0.05) is 19.9 Å². The van der Waals surface area contributed by atoms with Crippen LogP contribution >= 0.6 is 11.3 Å². The summed E-state index contributed by atoms with van der Waals surface area (Å²) in [5.74, 6) is 0.509. The van der Waals surface area contributed by atoms with Gasteiger partial charge in [-0.3, -0.25) is 0 Å². The van der Waals surface area contributed by atoms with Crippen molar-refractivity contribution in [2.45, 2.75) is 26.4 Å². The van der Waals surface area contributed by atoms with E-state index in [0.29, 0.717) is 5.92 Å². The Labute approximate surface area is 102 Å². The molecular weight excluding hydrogens is 245 g/mol. The second-order valence-electron chi connectivity index (χ2n) is 4.57. The van der Waals surface area contributed by atoms with E-state index in [1.807, 2.05) is 5.38 Å². The second-order valence-corrected chi connectivity index (χ2v) is 5.48. The minimum atomic E-state index is -4.25. The van der Waals surface area contributed by atoms with Gasteiger partial charge in [-0.2, -0.15) is 13.2 Å². The van der Waals surface area contributed by atoms with Gasteiger partial charge in [-0.25, -0.2) is 0 Å². The number of rotatable bonds is 2. The number of halogens is 3. The van der Waals surface area contributed by atoms with E-state index in [2.05, 4.69) is 13.8 Å². The summed E-state index contributed by atoms with van der Waals surface area (Å²) in [5.41, 5.74) is 0.580. The Morgan fingerprint density at radius 3 is 2.53 bits per heavy atom. The van der Waals surface area contributed by atoms with Gasteiger partial charge in [-0.15, -0.1) is 11.3 Å². The van der Waals surface area contributed by atoms with E-state index in [9.17, 15) is 13.2 Å². The molecule has 0 aliphatic carbocycles. The van der Waals surface area contributed by atoms with Gasteiger partial charge in [0.15, 0.2) is 0 Å². The Balaban J connectivity index is 2.45. The third-order valence-corrected chi connectivity index (χ3v) is 3.61. The predicted octanol–water partition coefficient (Wildman–Crippen LogP) is 5.12. The van der Waals surface area contributed by atoms with Crippen LogP contribution in [0.1, 0.15) is 25.0 Å². The van der Waals surface area contributed by atoms with E-state index < -0.39 is 11.7 Å². The Kier molecular flexibility index (Phi) is 3.17. The van der Waals surface area contributed by atoms with Gasteiger partial charge in [0.25, 0.3) is 0 Å². The zero-order chi connectivity index (χ0) is 12.6. The van der Waals surface area contributed by atoms with Crippen LogP contribution in [0, 0.1) is 5.92 Å². The van der Waals surface area contributed by atoms with Crippen LogP contribution in [0.4, 0.5) is 13.2 Å². The van der Waals surface area contributed by atoms with Gasteiger partial charge in [0.05, 0.1) is 5.56 Å². The molecule has 0 spiro atoms. The number of hydrogen-bond donors (Lipinski definition) is 0. The Morgan fingerprint density at radius 1 is 1.24 bits per heavy atom. The normalized spacial score (nSPS) is 12.6. The number of alkyl halides is 3. The van der Waals surface area contributed by atoms with Crippen LogP contribution in [0.5, 0.6) is 0 Å². The first-order valence-electron chi connectivity index (χ1n) is 5.45. The highest BCUT2D eigenvalue weighted by Gasteiger charge is 2.30. The molecule has 0 saturated heterocycles. The van der Waals surface area contributed by atoms with Crippen molar-refractivity contribution in [3.8, 4) is 0 Å². The Morgan fingerprint density at radius 2 is 1.94 bits per heavy atom. The van der Waals surface area contributed by atoms with E-state index in [-0.39, 0.29) is 0 Å². The zero-order valence-electron chi connectivity index (χ0n) is 9.64. The van der Waals surface area contributed by atoms with Crippen molar-refractivity contribution in [2.75, 3.05) is 0 Å². The standard InChI is InChI=1S/C13H13F3S/c1-8(2)5-9-7-17-12-6-10(13(14,15)16)3-4-11(9)12/h3-4,6-8H,5H2,1-2H3. The second kappa shape index (κ2) is 4.33. The van der Waals surface area contributed by atoms with Crippen molar-refractivity contribution in [3.05, 3.63) is 34.7 Å². The highest BCUT2D eigenvalue weighted by Crippen LogP contribution is 2.35. The molecule has 2 rings (SSSR count). The molecule has 0 saturated carbocycles. The minimum absolute atomic E-state index is 0.509. The van der Waals surface area contributed by atoms with Crippen molar-refractivity contribution >= 4 is 21.4 Å². The molecule has 0 atom stereocenters. The average Bonchev–Trinajstić information content (AvgIpc) is 2.59. The molecule has 0 unspecified atom stereocenters. The van der Waals surface area contributed by atoms with E-state index in [1.54, 1.807) is 6.07 Å². The Hall–Kier alpha value is -1.03. The SMILES string of the molecule is CC(C)Cc1csc2cc(C(F)(F)F)ccc12. The van der Waals surface area contributed by atoms with Crippen LogP contribution in [0.3, 0.4) is 0 Å². The largest absolute Gasteiger partial charge is 0.416 e. The fraction of sp³-hybridized carbons (Fsp3) is 0.385. The molecular formula is C13H13F3S. The van der Waals surface area contributed by atoms with E-state index in [1.165, 1.54) is 23.5 Å². The number of hydrogen-bond acceptors (Lipinski definition) is 1. The molecule has 0 nitrogen and oxygen atoms in total. The van der Waals surface area contributed by atoms with E-state index in [0.717, 1.165) is 22.1 Å². The summed E-state index contributed by atoms with van der Waals surface area (Å²) < 4.78 is 38.3. The van der Waals surface area contributed by atoms with Gasteiger partial charge in [0.2, 0.25) is 0 Å². The minimum Gasteiger partial charge on any atom is -0.166 e. The van der Waals surface area contributed by atoms with Gasteiger partial charge >= 0.3 is 6.18 Å². The third kappa shape index (κ3) is 2.63. The van der Waals surface area contributed by atoms with Crippen molar-refractivity contribution < 1.29 is 13.2 Å². The van der Waals surface area contributed by atoms with Gasteiger partial charge < -0.3 is 0 Å². The molecule has 0 aliphatic heterocycles. The lowest BCUT2D eigenvalue weighted by molar-refractivity contribution is -0.137. The van der Waals surface area contributed by atoms with Crippen molar-refractivity contribution in [2.24, 2.45) is 5.92 Å². The zero-order valence-corrected chi connectivity index (χ0v) is 10.5. The molecule has 2 aromatic rings. The smallest absolute Gasteiger partial charge is 0.166 e. The van der Waals surface area contributed by atoms with Crippen LogP contribution in [0.25, 0.3) is 10.1 Å². The highest BCUT2D eigenvalue weighted by atomic mass is 32.1. The molecule has 92 valence electrons. The number of thiophene rings is 1. The first kappa shape index (κ1) is 12.4. The van der Waals surface area contributed by atoms with E-state index in [4.69, 9.17) is 0 Å². The van der Waals surface area contributed by atoms with Crippen molar-refractivity contribution in [1.82, 2.24) is 0 Å². The fourth-order valence-electron chi connectivity index (χ4n) is 1.86. The maximum absolute atomic E-state index is 12.5. The quantitative estimate of drug-likeness (QED) is 0.701. The van der Waals surface area contributed by atoms with E-state index >= 15 is 0 Å². The molecule has 1 heterocycles. The van der Waals surface area contributed by atoms with Crippen molar-refractivity contribution in [3.63, 3.8) is 0 Å². The maximum Gasteiger partial charge on any atom is 0.416 e. The monoisotopic (exact) mass is 258 g/mol. The summed E-state index contributed by atoms with van der Waals surface area (Å²) in [4.78, 5) is 0. The summed E-state index contributed by atoms with van der Waals surface area (Å²) in [5, 5.41) is 2.92. The predicted molar refractivity (Wildman–Crippen MR) is 65.4 cm³/mol. The first-order valence-corrected chi connectivity index (χ1v) is 6.33. The molecule has 0 aliphatic rings. The lowest BCUT2D eigenvalue weighted by atomic mass is 10.0. The lowest BCUT2D eigenvalue weighted by Crippen LogP contribution is -2.03. The summed E-state index contributed by atoms with van der Waals surface area (Å²) in [6.45, 7) is 4.21. The number of fused-ring (bicyclic) bond motifs is 1. The van der Waals surface area contributed by atoms with Crippen LogP contribution in [-0.4, -0.2) is 0 Å². The van der Waals surface area contributed by atoms with Gasteiger partial charge in [0.1, 0.15) is 0 Å². The molecule has 17 heavy (non-hydrogen) atoms. The maximum atomic E-state index is 12.5. The average molecular weight is 258 g/mol. The molecule has 4 heteroatoms. The highest BCUT2D eigenvalue weighted by molar-refractivity contribution is 7.17. The molecule has 0 N–H and O–H groups in total. The molecule has 0 amide bonds. The van der Waals surface area contributed by atoms with Crippen LogP contribution in [0.15, 0.2) is 23.6 Å². The summed E-state index contributed by atoms with van der Waals surface area (Å²) in [6.07, 6.45) is -3.35. The van der Waals surface area contributed by atoms with Gasteiger partial charge in [0, 0.05) is 4.70 Å². The summed E-state index contributed by atoms with van der Waals surface area (Å²) in [6, 6.07) is 4.00. The molecule has 1 aromatic carbocycles. The fourth-order valence-corrected chi connectivity index (χ4v) is 2.87. The lowest BCUT2D eigenvalue weighted by Gasteiger charge is -2.07. The van der Waals surface area contributed by atoms with Crippen LogP contribution in [0.2, 0.25) is 0 Å².